The largest absolute Gasteiger partial charge is 0.369 e. The van der Waals surface area contributed by atoms with Gasteiger partial charge in [0, 0.05) is 119 Å². The second kappa shape index (κ2) is 17.0. The average molecular weight is 830 g/mol. The van der Waals surface area contributed by atoms with E-state index in [1.807, 2.05) is 43.7 Å². The fourth-order valence-electron chi connectivity index (χ4n) is 9.34. The summed E-state index contributed by atoms with van der Waals surface area (Å²) >= 11 is 0. The molecule has 4 aliphatic heterocycles. The minimum Gasteiger partial charge on any atom is -0.369 e. The summed E-state index contributed by atoms with van der Waals surface area (Å²) in [7, 11) is 0. The lowest BCUT2D eigenvalue weighted by molar-refractivity contribution is -0.126. The highest BCUT2D eigenvalue weighted by atomic mass is 19.1. The summed E-state index contributed by atoms with van der Waals surface area (Å²) in [5, 5.41) is 2.82. The minimum atomic E-state index is -0.613. The molecule has 0 bridgehead atoms. The van der Waals surface area contributed by atoms with Crippen LogP contribution in [0, 0.1) is 18.6 Å². The van der Waals surface area contributed by atoms with Crippen molar-refractivity contribution in [3.63, 3.8) is 0 Å². The van der Waals surface area contributed by atoms with Gasteiger partial charge in [-0.25, -0.2) is 23.7 Å². The number of imidazole rings is 1. The normalized spacial score (nSPS) is 19.4. The predicted molar refractivity (Wildman–Crippen MR) is 230 cm³/mol. The summed E-state index contributed by atoms with van der Waals surface area (Å²) in [5.41, 5.74) is 6.73. The van der Waals surface area contributed by atoms with Gasteiger partial charge in [-0.1, -0.05) is 12.6 Å². The Labute approximate surface area is 355 Å². The van der Waals surface area contributed by atoms with Crippen LogP contribution in [-0.4, -0.2) is 127 Å². The van der Waals surface area contributed by atoms with E-state index in [1.165, 1.54) is 6.07 Å². The lowest BCUT2D eigenvalue weighted by atomic mass is 10.0. The molecule has 2 amide bonds. The van der Waals surface area contributed by atoms with Gasteiger partial charge in [-0.05, 0) is 81.1 Å². The van der Waals surface area contributed by atoms with Gasteiger partial charge in [0.1, 0.15) is 28.9 Å². The van der Waals surface area contributed by atoms with Crippen molar-refractivity contribution in [3.8, 4) is 11.3 Å². The molecule has 0 saturated carbocycles. The van der Waals surface area contributed by atoms with Crippen molar-refractivity contribution >= 4 is 28.5 Å². The maximum Gasteiger partial charge on any atom is 0.255 e. The number of carbonyl (C=O) groups is 2. The number of allylic oxidation sites excluding steroid dienone is 1. The van der Waals surface area contributed by atoms with Crippen LogP contribution in [0.4, 0.5) is 14.5 Å². The Morgan fingerprint density at radius 1 is 0.852 bits per heavy atom. The molecule has 4 aliphatic rings. The number of fused-ring (bicyclic) bond motifs is 2. The van der Waals surface area contributed by atoms with Gasteiger partial charge in [0.05, 0.1) is 18.1 Å². The van der Waals surface area contributed by atoms with E-state index in [-0.39, 0.29) is 29.1 Å². The number of aromatic nitrogens is 5. The first-order chi connectivity index (χ1) is 29.5. The Balaban J connectivity index is 0.718. The van der Waals surface area contributed by atoms with Crippen LogP contribution in [0.5, 0.6) is 0 Å². The van der Waals surface area contributed by atoms with Gasteiger partial charge in [-0.2, -0.15) is 0 Å². The molecule has 1 atom stereocenters. The Morgan fingerprint density at radius 2 is 1.59 bits per heavy atom. The van der Waals surface area contributed by atoms with Crippen LogP contribution in [0.15, 0.2) is 67.1 Å². The van der Waals surface area contributed by atoms with Gasteiger partial charge in [0.2, 0.25) is 5.91 Å². The number of amides is 2. The summed E-state index contributed by atoms with van der Waals surface area (Å²) in [4.78, 5) is 55.3. The van der Waals surface area contributed by atoms with Crippen molar-refractivity contribution in [1.29, 1.82) is 0 Å². The number of aryl methyl sites for hydroxylation is 1. The van der Waals surface area contributed by atoms with Gasteiger partial charge in [-0.3, -0.25) is 29.3 Å². The van der Waals surface area contributed by atoms with E-state index in [1.54, 1.807) is 11.0 Å². The Morgan fingerprint density at radius 3 is 2.30 bits per heavy atom. The molecule has 5 aromatic rings. The molecule has 2 aromatic carbocycles. The maximum atomic E-state index is 15.2. The molecular formula is C46H53F2N11O2. The van der Waals surface area contributed by atoms with Crippen LogP contribution >= 0.6 is 0 Å². The topological polar surface area (TPSA) is 119 Å². The van der Waals surface area contributed by atoms with Crippen molar-refractivity contribution < 1.29 is 18.4 Å². The first-order valence-corrected chi connectivity index (χ1v) is 21.5. The summed E-state index contributed by atoms with van der Waals surface area (Å²) in [6.45, 7) is 21.0. The van der Waals surface area contributed by atoms with Crippen molar-refractivity contribution in [2.24, 2.45) is 0 Å². The molecule has 3 saturated heterocycles. The number of pyridine rings is 1. The van der Waals surface area contributed by atoms with Gasteiger partial charge in [-0.15, -0.1) is 0 Å². The number of piperazine rings is 2. The minimum absolute atomic E-state index is 0.0542. The maximum absolute atomic E-state index is 15.2. The molecule has 13 nitrogen and oxygen atoms in total. The van der Waals surface area contributed by atoms with Crippen molar-refractivity contribution in [2.45, 2.75) is 65.2 Å². The number of benzene rings is 2. The second-order valence-corrected chi connectivity index (χ2v) is 17.1. The van der Waals surface area contributed by atoms with E-state index in [4.69, 9.17) is 4.98 Å². The molecule has 7 heterocycles. The second-order valence-electron chi connectivity index (χ2n) is 17.1. The standard InChI is InChI=1S/C46H53F2N11O2/c1-29(2)59-31(4)52-44-38(47)22-33(23-41(44)59)43-39(48)26-50-42(53-43)24-35-7-6-32(25-49-35)27-56-15-13-54(14-16-56)11-12-55-17-19-57(20-18-55)36-8-9-37-34(21-36)28-58(46(37)61)40-10-5-30(3)51-45(40)60/h6-9,21-23,25-26,29,40H,3,5,10-20,24,27-28H2,1-2,4H3,(H,51,60). The molecule has 9 rings (SSSR count). The monoisotopic (exact) mass is 829 g/mol. The van der Waals surface area contributed by atoms with Crippen LogP contribution in [0.2, 0.25) is 0 Å². The van der Waals surface area contributed by atoms with Gasteiger partial charge in [0.15, 0.2) is 11.6 Å². The molecule has 1 unspecified atom stereocenters. The van der Waals surface area contributed by atoms with Crippen LogP contribution in [-0.2, 0) is 24.3 Å². The Hall–Kier alpha value is -5.64. The van der Waals surface area contributed by atoms with E-state index in [0.717, 1.165) is 106 Å². The SMILES string of the molecule is C=C1CCC(N2Cc3cc(N4CCN(CCN5CCN(Cc6ccc(Cc7ncc(F)c(-c8cc(F)c9nc(C)n(C(C)C)c9c8)n7)nc6)CC5)CC4)ccc3C2=O)C(=O)N1. The van der Waals surface area contributed by atoms with Gasteiger partial charge < -0.3 is 19.7 Å². The fourth-order valence-corrected chi connectivity index (χ4v) is 9.34. The summed E-state index contributed by atoms with van der Waals surface area (Å²) in [6.07, 6.45) is 4.67. The third-order valence-electron chi connectivity index (χ3n) is 12.7. The molecule has 15 heteroatoms. The number of nitrogens with one attached hydrogen (secondary N) is 1. The third kappa shape index (κ3) is 8.51. The number of piperidine rings is 1. The summed E-state index contributed by atoms with van der Waals surface area (Å²) < 4.78 is 32.2. The molecule has 0 aliphatic carbocycles. The van der Waals surface area contributed by atoms with Gasteiger partial charge in [0.25, 0.3) is 5.91 Å². The number of hydrogen-bond donors (Lipinski definition) is 1. The smallest absolute Gasteiger partial charge is 0.255 e. The molecule has 1 N–H and O–H groups in total. The van der Waals surface area contributed by atoms with E-state index in [0.29, 0.717) is 54.1 Å². The summed E-state index contributed by atoms with van der Waals surface area (Å²) in [6, 6.07) is 12.9. The quantitative estimate of drug-likeness (QED) is 0.187. The van der Waals surface area contributed by atoms with Crippen molar-refractivity contribution in [2.75, 3.05) is 70.3 Å². The van der Waals surface area contributed by atoms with Crippen LogP contribution < -0.4 is 10.2 Å². The zero-order valence-electron chi connectivity index (χ0n) is 35.2. The highest BCUT2D eigenvalue weighted by Gasteiger charge is 2.38. The van der Waals surface area contributed by atoms with Crippen LogP contribution in [0.25, 0.3) is 22.3 Å². The van der Waals surface area contributed by atoms with E-state index < -0.39 is 17.7 Å². The first-order valence-electron chi connectivity index (χ1n) is 21.5. The average Bonchev–Trinajstić information content (AvgIpc) is 3.77. The molecule has 3 aromatic heterocycles. The molecule has 3 fully saturated rings. The zero-order valence-corrected chi connectivity index (χ0v) is 35.2. The Bertz CT molecular complexity index is 2470. The number of hydrogen-bond acceptors (Lipinski definition) is 10. The van der Waals surface area contributed by atoms with Crippen molar-refractivity contribution in [3.05, 3.63) is 113 Å². The van der Waals surface area contributed by atoms with Crippen molar-refractivity contribution in [1.82, 2.24) is 49.4 Å². The van der Waals surface area contributed by atoms with E-state index in [9.17, 15) is 9.59 Å². The van der Waals surface area contributed by atoms with Crippen LogP contribution in [0.3, 0.4) is 0 Å². The van der Waals surface area contributed by atoms with E-state index in [2.05, 4.69) is 64.6 Å². The molecule has 61 heavy (non-hydrogen) atoms. The Kier molecular flexibility index (Phi) is 11.4. The first kappa shape index (κ1) is 40.7. The molecule has 0 radical (unpaired) electrons. The highest BCUT2D eigenvalue weighted by Crippen LogP contribution is 2.33. The number of nitrogens with zero attached hydrogens (tertiary/aromatic N) is 10. The van der Waals surface area contributed by atoms with Crippen LogP contribution in [0.1, 0.15) is 71.6 Å². The fraction of sp³-hybridized carbons (Fsp3) is 0.435. The van der Waals surface area contributed by atoms with E-state index >= 15 is 8.78 Å². The molecule has 318 valence electrons. The van der Waals surface area contributed by atoms with Gasteiger partial charge >= 0.3 is 0 Å². The number of carbonyl (C=O) groups excluding carboxylic acids is 2. The molecular weight excluding hydrogens is 777 g/mol. The molecule has 0 spiro atoms. The highest BCUT2D eigenvalue weighted by molar-refractivity contribution is 6.02. The number of anilines is 1. The third-order valence-corrected chi connectivity index (χ3v) is 12.7. The number of halogens is 2. The predicted octanol–water partition coefficient (Wildman–Crippen LogP) is 5.33. The lowest BCUT2D eigenvalue weighted by Gasteiger charge is -2.39. The summed E-state index contributed by atoms with van der Waals surface area (Å²) in [5.74, 6) is -0.214. The lowest BCUT2D eigenvalue weighted by Crippen LogP contribution is -2.51. The zero-order chi connectivity index (χ0) is 42.4. The number of rotatable bonds is 11.